The summed E-state index contributed by atoms with van der Waals surface area (Å²) in [6.07, 6.45) is 11.2. The molecule has 3 N–H and O–H groups in total. The van der Waals surface area contributed by atoms with Crippen molar-refractivity contribution in [1.29, 1.82) is 0 Å². The Labute approximate surface area is 354 Å². The summed E-state index contributed by atoms with van der Waals surface area (Å²) >= 11 is 0. The Bertz CT molecular complexity index is 1940. The molecule has 322 valence electrons. The van der Waals surface area contributed by atoms with E-state index in [-0.39, 0.29) is 47.1 Å². The molecule has 2 saturated heterocycles. The van der Waals surface area contributed by atoms with Gasteiger partial charge in [-0.3, -0.25) is 19.3 Å². The zero-order chi connectivity index (χ0) is 41.4. The average Bonchev–Trinajstić information content (AvgIpc) is 4.09. The summed E-state index contributed by atoms with van der Waals surface area (Å²) in [5.74, 6) is 0.683. The van der Waals surface area contributed by atoms with Gasteiger partial charge in [0.1, 0.15) is 11.4 Å². The van der Waals surface area contributed by atoms with Crippen molar-refractivity contribution >= 4 is 23.4 Å². The molecule has 3 heterocycles. The number of phenols is 1. The van der Waals surface area contributed by atoms with Crippen LogP contribution < -0.4 is 15.4 Å². The van der Waals surface area contributed by atoms with Gasteiger partial charge < -0.3 is 39.8 Å². The number of fused-ring (bicyclic) bond motifs is 1. The number of amides is 3. The van der Waals surface area contributed by atoms with Crippen molar-refractivity contribution in [2.24, 2.45) is 0 Å². The maximum Gasteiger partial charge on any atom is 0.262 e. The lowest BCUT2D eigenvalue weighted by Crippen LogP contribution is -2.59. The number of hydrogen-bond acceptors (Lipinski definition) is 9. The second-order valence-electron chi connectivity index (χ2n) is 17.6. The Morgan fingerprint density at radius 2 is 1.70 bits per heavy atom. The number of rotatable bonds is 17. The van der Waals surface area contributed by atoms with E-state index in [0.717, 1.165) is 88.5 Å². The van der Waals surface area contributed by atoms with Crippen LogP contribution in [0.4, 0.5) is 5.69 Å². The summed E-state index contributed by atoms with van der Waals surface area (Å²) in [5.41, 5.74) is 4.35. The molecule has 3 amide bonds. The third kappa shape index (κ3) is 10.2. The van der Waals surface area contributed by atoms with Crippen molar-refractivity contribution in [2.45, 2.75) is 101 Å². The molecule has 3 aromatic rings. The van der Waals surface area contributed by atoms with E-state index < -0.39 is 0 Å². The molecule has 4 fully saturated rings. The molecule has 2 saturated carbocycles. The third-order valence-corrected chi connectivity index (χ3v) is 13.4. The summed E-state index contributed by atoms with van der Waals surface area (Å²) in [6.45, 7) is 7.67. The quantitative estimate of drug-likeness (QED) is 0.118. The SMILES string of the molecule is O=C1COc2c(CCNCCN(C(=O)CCOCCc3cccc(CN4CCC5(CC4)CN(C(=O)C4(c6ccccc6)CC4)CCO5)c3)C3CCCCC3)ccc(O)c2N1. The van der Waals surface area contributed by atoms with Gasteiger partial charge in [-0.25, -0.2) is 0 Å². The number of aromatic hydroxyl groups is 1. The van der Waals surface area contributed by atoms with Crippen LogP contribution in [0.3, 0.4) is 0 Å². The fraction of sp³-hybridized carbons (Fsp3) is 0.562. The number of anilines is 1. The minimum absolute atomic E-state index is 0.00266. The van der Waals surface area contributed by atoms with Gasteiger partial charge in [-0.05, 0) is 86.2 Å². The molecule has 0 aromatic heterocycles. The molecule has 0 unspecified atom stereocenters. The van der Waals surface area contributed by atoms with E-state index in [9.17, 15) is 19.5 Å². The fourth-order valence-corrected chi connectivity index (χ4v) is 9.85. The number of phenolic OH excluding ortho intramolecular Hbond substituents is 1. The van der Waals surface area contributed by atoms with Crippen molar-refractivity contribution in [3.63, 3.8) is 0 Å². The van der Waals surface area contributed by atoms with E-state index in [0.29, 0.717) is 76.8 Å². The maximum absolute atomic E-state index is 13.8. The number of morpholine rings is 1. The van der Waals surface area contributed by atoms with E-state index >= 15 is 0 Å². The van der Waals surface area contributed by atoms with E-state index in [2.05, 4.69) is 61.7 Å². The first-order valence-corrected chi connectivity index (χ1v) is 22.5. The van der Waals surface area contributed by atoms with Crippen LogP contribution in [0, 0.1) is 0 Å². The molecule has 5 aliphatic rings. The molecule has 60 heavy (non-hydrogen) atoms. The zero-order valence-electron chi connectivity index (χ0n) is 35.1. The molecule has 3 aromatic carbocycles. The third-order valence-electron chi connectivity index (χ3n) is 13.4. The van der Waals surface area contributed by atoms with Crippen LogP contribution in [0.2, 0.25) is 0 Å². The molecule has 12 nitrogen and oxygen atoms in total. The highest BCUT2D eigenvalue weighted by molar-refractivity contribution is 5.97. The summed E-state index contributed by atoms with van der Waals surface area (Å²) in [6, 6.07) is 22.8. The smallest absolute Gasteiger partial charge is 0.262 e. The van der Waals surface area contributed by atoms with Gasteiger partial charge in [-0.15, -0.1) is 0 Å². The van der Waals surface area contributed by atoms with E-state index in [1.165, 1.54) is 17.5 Å². The number of piperidine rings is 1. The van der Waals surface area contributed by atoms with Gasteiger partial charge in [-0.2, -0.15) is 0 Å². The molecule has 12 heteroatoms. The number of carbonyl (C=O) groups excluding carboxylic acids is 3. The molecular weight excluding hydrogens is 759 g/mol. The number of ether oxygens (including phenoxy) is 3. The highest BCUT2D eigenvalue weighted by Crippen LogP contribution is 2.50. The highest BCUT2D eigenvalue weighted by atomic mass is 16.5. The Hall–Kier alpha value is -4.49. The first kappa shape index (κ1) is 42.2. The van der Waals surface area contributed by atoms with Crippen molar-refractivity contribution in [3.8, 4) is 11.5 Å². The number of hydrogen-bond donors (Lipinski definition) is 3. The second-order valence-corrected chi connectivity index (χ2v) is 17.6. The lowest BCUT2D eigenvalue weighted by atomic mass is 9.87. The number of likely N-dealkylation sites (tertiary alicyclic amines) is 1. The molecule has 0 bridgehead atoms. The normalized spacial score (nSPS) is 19.9. The minimum atomic E-state index is -0.331. The average molecular weight is 822 g/mol. The van der Waals surface area contributed by atoms with Crippen molar-refractivity contribution in [1.82, 2.24) is 20.0 Å². The van der Waals surface area contributed by atoms with Crippen LogP contribution >= 0.6 is 0 Å². The zero-order valence-corrected chi connectivity index (χ0v) is 35.1. The Balaban J connectivity index is 0.744. The molecule has 0 atom stereocenters. The molecule has 1 spiro atoms. The standard InChI is InChI=1S/C48H63N5O7/c54-41-15-14-38(45-44(41)50-42(55)34-59-45)16-23-49-24-27-53(40-12-5-2-6-13-40)43(56)18-30-58-29-17-36-8-7-9-37(32-36)33-51-25-21-47(22-26-51)35-52(28-31-60-47)46(57)48(19-20-48)39-10-3-1-4-11-39/h1,3-4,7-11,14-15,32,40,49,54H,2,5-6,12-13,16-31,33-35H2,(H,50,55). The molecule has 2 aliphatic carbocycles. The van der Waals surface area contributed by atoms with Gasteiger partial charge in [0, 0.05) is 51.9 Å². The van der Waals surface area contributed by atoms with Gasteiger partial charge in [0.15, 0.2) is 12.4 Å². The number of carbonyl (C=O) groups is 3. The van der Waals surface area contributed by atoms with Crippen LogP contribution in [0.25, 0.3) is 0 Å². The van der Waals surface area contributed by atoms with E-state index in [1.807, 2.05) is 24.3 Å². The van der Waals surface area contributed by atoms with Gasteiger partial charge in [0.2, 0.25) is 11.8 Å². The molecular formula is C48H63N5O7. The number of nitrogens with one attached hydrogen (secondary N) is 2. The fourth-order valence-electron chi connectivity index (χ4n) is 9.85. The summed E-state index contributed by atoms with van der Waals surface area (Å²) in [4.78, 5) is 45.8. The Morgan fingerprint density at radius 1 is 0.900 bits per heavy atom. The van der Waals surface area contributed by atoms with Gasteiger partial charge in [0.25, 0.3) is 5.91 Å². The van der Waals surface area contributed by atoms with Gasteiger partial charge in [0.05, 0.1) is 37.3 Å². The van der Waals surface area contributed by atoms with Crippen LogP contribution in [-0.2, 0) is 48.7 Å². The highest BCUT2D eigenvalue weighted by Gasteiger charge is 2.54. The lowest BCUT2D eigenvalue weighted by Gasteiger charge is -2.48. The molecule has 0 radical (unpaired) electrons. The second kappa shape index (κ2) is 19.5. The van der Waals surface area contributed by atoms with Crippen LogP contribution in [0.1, 0.15) is 86.5 Å². The Kier molecular flexibility index (Phi) is 13.7. The van der Waals surface area contributed by atoms with Crippen LogP contribution in [-0.4, -0.2) is 121 Å². The maximum atomic E-state index is 13.8. The van der Waals surface area contributed by atoms with Gasteiger partial charge in [-0.1, -0.05) is 79.9 Å². The first-order valence-electron chi connectivity index (χ1n) is 22.5. The van der Waals surface area contributed by atoms with Crippen molar-refractivity contribution in [3.05, 3.63) is 89.0 Å². The minimum Gasteiger partial charge on any atom is -0.506 e. The van der Waals surface area contributed by atoms with Crippen molar-refractivity contribution < 1.29 is 33.7 Å². The van der Waals surface area contributed by atoms with Crippen molar-refractivity contribution in [2.75, 3.05) is 77.6 Å². The largest absolute Gasteiger partial charge is 0.506 e. The predicted octanol–water partition coefficient (Wildman–Crippen LogP) is 5.59. The van der Waals surface area contributed by atoms with Crippen LogP contribution in [0.15, 0.2) is 66.7 Å². The Morgan fingerprint density at radius 3 is 2.50 bits per heavy atom. The summed E-state index contributed by atoms with van der Waals surface area (Å²) < 4.78 is 18.1. The first-order chi connectivity index (χ1) is 29.3. The van der Waals surface area contributed by atoms with Gasteiger partial charge >= 0.3 is 0 Å². The summed E-state index contributed by atoms with van der Waals surface area (Å²) in [7, 11) is 0. The lowest BCUT2D eigenvalue weighted by molar-refractivity contribution is -0.161. The van der Waals surface area contributed by atoms with E-state index in [4.69, 9.17) is 14.2 Å². The monoisotopic (exact) mass is 821 g/mol. The molecule has 8 rings (SSSR count). The molecule has 3 aliphatic heterocycles. The topological polar surface area (TPSA) is 133 Å². The van der Waals surface area contributed by atoms with E-state index in [1.54, 1.807) is 6.07 Å². The summed E-state index contributed by atoms with van der Waals surface area (Å²) in [5, 5.41) is 16.4. The number of nitrogens with zero attached hydrogens (tertiary/aromatic N) is 3. The number of benzene rings is 3. The predicted molar refractivity (Wildman–Crippen MR) is 230 cm³/mol. The van der Waals surface area contributed by atoms with Crippen LogP contribution in [0.5, 0.6) is 11.5 Å².